The molecule has 2 rings (SSSR count). The third kappa shape index (κ3) is 2.34. The number of hydrogen-bond acceptors (Lipinski definition) is 7. The van der Waals surface area contributed by atoms with Gasteiger partial charge in [-0.25, -0.2) is 0 Å². The van der Waals surface area contributed by atoms with Gasteiger partial charge in [0.05, 0.1) is 4.92 Å². The van der Waals surface area contributed by atoms with Crippen LogP contribution in [0.15, 0.2) is 28.8 Å². The topological polar surface area (TPSA) is 128 Å². The van der Waals surface area contributed by atoms with E-state index in [-0.39, 0.29) is 23.9 Å². The summed E-state index contributed by atoms with van der Waals surface area (Å²) >= 11 is 0. The number of aromatic nitrogens is 2. The molecule has 2 aromatic rings. The predicted octanol–water partition coefficient (Wildman–Crippen LogP) is 0.637. The van der Waals surface area contributed by atoms with Gasteiger partial charge in [0.1, 0.15) is 6.10 Å². The molecule has 0 saturated carbocycles. The minimum Gasteiger partial charge on any atom is -0.382 e. The van der Waals surface area contributed by atoms with Gasteiger partial charge in [-0.1, -0.05) is 5.16 Å². The fraction of sp³-hybridized carbons (Fsp3) is 0.200. The molecule has 0 radical (unpaired) electrons. The molecule has 0 amide bonds. The van der Waals surface area contributed by atoms with Crippen LogP contribution in [0.1, 0.15) is 12.0 Å². The summed E-state index contributed by atoms with van der Waals surface area (Å²) in [4.78, 5) is 13.9. The van der Waals surface area contributed by atoms with Crippen molar-refractivity contribution in [3.8, 4) is 11.4 Å². The highest BCUT2D eigenvalue weighted by atomic mass is 16.6. The quantitative estimate of drug-likeness (QED) is 0.601. The number of nitrogens with two attached hydrogens (primary N) is 1. The summed E-state index contributed by atoms with van der Waals surface area (Å²) in [6.45, 7) is -0.0259. The Morgan fingerprint density at radius 3 is 2.67 bits per heavy atom. The standard InChI is InChI=1S/C10H10N4O4/c11-5-8(15)10-12-9(13-18-10)6-1-3-7(4-2-6)14(16)17/h1-4,8,15H,5,11H2. The SMILES string of the molecule is NCC(O)c1nc(-c2ccc([N+](=O)[O-])cc2)no1. The lowest BCUT2D eigenvalue weighted by atomic mass is 10.2. The molecule has 0 saturated heterocycles. The zero-order valence-corrected chi connectivity index (χ0v) is 9.18. The molecule has 1 heterocycles. The second-order valence-corrected chi connectivity index (χ2v) is 3.51. The summed E-state index contributed by atoms with van der Waals surface area (Å²) in [5.74, 6) is 0.262. The van der Waals surface area contributed by atoms with Crippen LogP contribution in [0.25, 0.3) is 11.4 Å². The van der Waals surface area contributed by atoms with Gasteiger partial charge < -0.3 is 15.4 Å². The summed E-state index contributed by atoms with van der Waals surface area (Å²) in [7, 11) is 0. The number of aliphatic hydroxyl groups is 1. The molecule has 0 fully saturated rings. The lowest BCUT2D eigenvalue weighted by Gasteiger charge is -1.98. The Hall–Kier alpha value is -2.32. The van der Waals surface area contributed by atoms with Crippen molar-refractivity contribution in [1.29, 1.82) is 0 Å². The molecule has 8 nitrogen and oxygen atoms in total. The van der Waals surface area contributed by atoms with Crippen molar-refractivity contribution in [1.82, 2.24) is 10.1 Å². The van der Waals surface area contributed by atoms with E-state index >= 15 is 0 Å². The maximum Gasteiger partial charge on any atom is 0.269 e. The van der Waals surface area contributed by atoms with Crippen molar-refractivity contribution in [2.75, 3.05) is 6.54 Å². The van der Waals surface area contributed by atoms with Gasteiger partial charge in [0, 0.05) is 24.2 Å². The van der Waals surface area contributed by atoms with Gasteiger partial charge >= 0.3 is 0 Å². The number of benzene rings is 1. The van der Waals surface area contributed by atoms with E-state index in [2.05, 4.69) is 10.1 Å². The highest BCUT2D eigenvalue weighted by Gasteiger charge is 2.15. The number of aliphatic hydroxyl groups excluding tert-OH is 1. The van der Waals surface area contributed by atoms with Gasteiger partial charge in [0.25, 0.3) is 11.6 Å². The van der Waals surface area contributed by atoms with Crippen LogP contribution < -0.4 is 5.73 Å². The summed E-state index contributed by atoms with van der Waals surface area (Å²) in [5, 5.41) is 23.5. The first-order valence-corrected chi connectivity index (χ1v) is 5.08. The Kier molecular flexibility index (Phi) is 3.31. The monoisotopic (exact) mass is 250 g/mol. The van der Waals surface area contributed by atoms with Crippen molar-refractivity contribution in [3.05, 3.63) is 40.3 Å². The molecule has 1 unspecified atom stereocenters. The van der Waals surface area contributed by atoms with E-state index in [1.54, 1.807) is 0 Å². The molecule has 0 aliphatic heterocycles. The fourth-order valence-electron chi connectivity index (χ4n) is 1.32. The first kappa shape index (κ1) is 12.1. The lowest BCUT2D eigenvalue weighted by molar-refractivity contribution is -0.384. The molecule has 0 spiro atoms. The molecule has 0 bridgehead atoms. The van der Waals surface area contributed by atoms with Crippen molar-refractivity contribution >= 4 is 5.69 Å². The van der Waals surface area contributed by atoms with Crippen molar-refractivity contribution in [2.45, 2.75) is 6.10 Å². The molecule has 18 heavy (non-hydrogen) atoms. The van der Waals surface area contributed by atoms with Gasteiger partial charge in [-0.05, 0) is 12.1 Å². The van der Waals surface area contributed by atoms with Gasteiger partial charge in [-0.3, -0.25) is 10.1 Å². The Labute approximate surface area is 101 Å². The normalized spacial score (nSPS) is 12.3. The Bertz CT molecular complexity index is 551. The molecule has 94 valence electrons. The average Bonchev–Trinajstić information content (AvgIpc) is 2.87. The second-order valence-electron chi connectivity index (χ2n) is 3.51. The number of nitro groups is 1. The Morgan fingerprint density at radius 2 is 2.11 bits per heavy atom. The van der Waals surface area contributed by atoms with E-state index in [0.717, 1.165) is 0 Å². The van der Waals surface area contributed by atoms with E-state index in [1.165, 1.54) is 24.3 Å². The van der Waals surface area contributed by atoms with Crippen LogP contribution in [0.4, 0.5) is 5.69 Å². The van der Waals surface area contributed by atoms with Crippen LogP contribution in [0, 0.1) is 10.1 Å². The van der Waals surface area contributed by atoms with Crippen LogP contribution in [0.2, 0.25) is 0 Å². The van der Waals surface area contributed by atoms with Crippen LogP contribution in [0.3, 0.4) is 0 Å². The van der Waals surface area contributed by atoms with E-state index in [9.17, 15) is 15.2 Å². The molecule has 1 aromatic heterocycles. The molecule has 0 aliphatic rings. The van der Waals surface area contributed by atoms with Crippen LogP contribution in [-0.4, -0.2) is 26.7 Å². The Balaban J connectivity index is 2.26. The summed E-state index contributed by atoms with van der Waals surface area (Å²) in [6.07, 6.45) is -1.01. The van der Waals surface area contributed by atoms with E-state index < -0.39 is 11.0 Å². The van der Waals surface area contributed by atoms with Crippen LogP contribution >= 0.6 is 0 Å². The maximum absolute atomic E-state index is 10.5. The van der Waals surface area contributed by atoms with Gasteiger partial charge in [0.2, 0.25) is 5.82 Å². The number of rotatable bonds is 4. The van der Waals surface area contributed by atoms with Crippen molar-refractivity contribution in [3.63, 3.8) is 0 Å². The maximum atomic E-state index is 10.5. The van der Waals surface area contributed by atoms with E-state index in [1.807, 2.05) is 0 Å². The number of nitrogens with zero attached hydrogens (tertiary/aromatic N) is 3. The minimum absolute atomic E-state index is 0.0193. The summed E-state index contributed by atoms with van der Waals surface area (Å²) < 4.78 is 4.82. The van der Waals surface area contributed by atoms with Crippen LogP contribution in [-0.2, 0) is 0 Å². The molecule has 0 aliphatic carbocycles. The first-order valence-electron chi connectivity index (χ1n) is 5.08. The summed E-state index contributed by atoms with van der Waals surface area (Å²) in [5.41, 5.74) is 5.78. The van der Waals surface area contributed by atoms with Gasteiger partial charge in [-0.2, -0.15) is 4.98 Å². The predicted molar refractivity (Wildman–Crippen MR) is 60.4 cm³/mol. The fourth-order valence-corrected chi connectivity index (χ4v) is 1.32. The third-order valence-corrected chi connectivity index (χ3v) is 2.29. The first-order chi connectivity index (χ1) is 8.61. The van der Waals surface area contributed by atoms with Crippen LogP contribution in [0.5, 0.6) is 0 Å². The molecular weight excluding hydrogens is 240 g/mol. The minimum atomic E-state index is -1.01. The zero-order valence-electron chi connectivity index (χ0n) is 9.18. The molecule has 8 heteroatoms. The highest BCUT2D eigenvalue weighted by molar-refractivity contribution is 5.56. The van der Waals surface area contributed by atoms with E-state index in [0.29, 0.717) is 5.56 Å². The third-order valence-electron chi connectivity index (χ3n) is 2.29. The lowest BCUT2D eigenvalue weighted by Crippen LogP contribution is -2.11. The average molecular weight is 250 g/mol. The highest BCUT2D eigenvalue weighted by Crippen LogP contribution is 2.21. The number of hydrogen-bond donors (Lipinski definition) is 2. The smallest absolute Gasteiger partial charge is 0.269 e. The largest absolute Gasteiger partial charge is 0.382 e. The molecule has 1 atom stereocenters. The number of non-ortho nitro benzene ring substituents is 1. The number of nitro benzene ring substituents is 1. The Morgan fingerprint density at radius 1 is 1.44 bits per heavy atom. The zero-order chi connectivity index (χ0) is 13.1. The second kappa shape index (κ2) is 4.90. The van der Waals surface area contributed by atoms with E-state index in [4.69, 9.17) is 10.3 Å². The molecule has 3 N–H and O–H groups in total. The van der Waals surface area contributed by atoms with Crippen molar-refractivity contribution < 1.29 is 14.6 Å². The molecule has 1 aromatic carbocycles. The summed E-state index contributed by atoms with van der Waals surface area (Å²) in [6, 6.07) is 5.68. The van der Waals surface area contributed by atoms with Gasteiger partial charge in [0.15, 0.2) is 0 Å². The van der Waals surface area contributed by atoms with Gasteiger partial charge in [-0.15, -0.1) is 0 Å². The van der Waals surface area contributed by atoms with Crippen molar-refractivity contribution in [2.24, 2.45) is 5.73 Å². The molecular formula is C10H10N4O4.